The number of sulfonamides is 1. The Morgan fingerprint density at radius 1 is 1.20 bits per heavy atom. The first-order chi connectivity index (χ1) is 9.06. The maximum Gasteiger partial charge on any atom is 0.217 e. The molecule has 0 aliphatic heterocycles. The van der Waals surface area contributed by atoms with Crippen LogP contribution in [0.2, 0.25) is 0 Å². The molecule has 4 nitrogen and oxygen atoms in total. The summed E-state index contributed by atoms with van der Waals surface area (Å²) in [6.07, 6.45) is 4.17. The van der Waals surface area contributed by atoms with Crippen LogP contribution in [0, 0.1) is 5.41 Å². The molecule has 1 atom stereocenters. The van der Waals surface area contributed by atoms with E-state index in [1.807, 2.05) is 13.8 Å². The van der Waals surface area contributed by atoms with Crippen LogP contribution in [-0.4, -0.2) is 43.6 Å². The van der Waals surface area contributed by atoms with Crippen LogP contribution in [0.15, 0.2) is 0 Å². The molecule has 1 unspecified atom stereocenters. The van der Waals surface area contributed by atoms with Gasteiger partial charge in [-0.1, -0.05) is 27.7 Å². The lowest BCUT2D eigenvalue weighted by Crippen LogP contribution is -2.47. The predicted molar refractivity (Wildman–Crippen MR) is 85.3 cm³/mol. The van der Waals surface area contributed by atoms with Crippen molar-refractivity contribution >= 4 is 10.0 Å². The van der Waals surface area contributed by atoms with Gasteiger partial charge in [0.15, 0.2) is 0 Å². The van der Waals surface area contributed by atoms with Gasteiger partial charge in [-0.15, -0.1) is 0 Å². The first kappa shape index (κ1) is 17.9. The number of hydrogen-bond acceptors (Lipinski definition) is 3. The lowest BCUT2D eigenvalue weighted by Gasteiger charge is -2.38. The van der Waals surface area contributed by atoms with E-state index in [1.54, 1.807) is 18.3 Å². The molecule has 0 aromatic carbocycles. The first-order valence-corrected chi connectivity index (χ1v) is 9.27. The van der Waals surface area contributed by atoms with Crippen LogP contribution in [0.5, 0.6) is 0 Å². The second-order valence-electron chi connectivity index (χ2n) is 7.33. The molecular weight excluding hydrogens is 272 g/mol. The molecule has 0 heterocycles. The van der Waals surface area contributed by atoms with E-state index in [-0.39, 0.29) is 11.3 Å². The number of rotatable bonds is 6. The molecule has 1 saturated carbocycles. The minimum Gasteiger partial charge on any atom is -0.313 e. The highest BCUT2D eigenvalue weighted by Gasteiger charge is 2.35. The predicted octanol–water partition coefficient (Wildman–Crippen LogP) is 2.60. The van der Waals surface area contributed by atoms with Crippen molar-refractivity contribution in [1.29, 1.82) is 0 Å². The van der Waals surface area contributed by atoms with Gasteiger partial charge in [0.2, 0.25) is 10.0 Å². The molecule has 5 heteroatoms. The zero-order valence-corrected chi connectivity index (χ0v) is 14.8. The fraction of sp³-hybridized carbons (Fsp3) is 1.00. The Morgan fingerprint density at radius 2 is 1.70 bits per heavy atom. The summed E-state index contributed by atoms with van der Waals surface area (Å²) in [5.74, 6) is 0. The van der Waals surface area contributed by atoms with Crippen LogP contribution in [0.25, 0.3) is 0 Å². The molecule has 120 valence electrons. The molecule has 1 rings (SSSR count). The number of nitrogens with zero attached hydrogens (tertiary/aromatic N) is 1. The summed E-state index contributed by atoms with van der Waals surface area (Å²) >= 11 is 0. The minimum absolute atomic E-state index is 0.175. The topological polar surface area (TPSA) is 49.4 Å². The van der Waals surface area contributed by atoms with Gasteiger partial charge in [-0.2, -0.15) is 0 Å². The highest BCUT2D eigenvalue weighted by Crippen LogP contribution is 2.37. The molecule has 1 aliphatic rings. The summed E-state index contributed by atoms with van der Waals surface area (Å²) in [5.41, 5.74) is 0.367. The van der Waals surface area contributed by atoms with Crippen molar-refractivity contribution in [2.45, 2.75) is 77.6 Å². The van der Waals surface area contributed by atoms with E-state index >= 15 is 0 Å². The SMILES string of the molecule is CC(C)NCC(C)S(=O)(=O)N(C)C1CCC(C)(C)CC1. The van der Waals surface area contributed by atoms with Crippen molar-refractivity contribution in [2.75, 3.05) is 13.6 Å². The van der Waals surface area contributed by atoms with E-state index in [0.717, 1.165) is 25.7 Å². The van der Waals surface area contributed by atoms with E-state index in [9.17, 15) is 8.42 Å². The molecule has 0 saturated heterocycles. The third-order valence-corrected chi connectivity index (χ3v) is 6.83. The van der Waals surface area contributed by atoms with E-state index in [1.165, 1.54) is 0 Å². The molecule has 0 bridgehead atoms. The van der Waals surface area contributed by atoms with Crippen molar-refractivity contribution in [1.82, 2.24) is 9.62 Å². The lowest BCUT2D eigenvalue weighted by atomic mass is 9.76. The van der Waals surface area contributed by atoms with E-state index in [4.69, 9.17) is 0 Å². The Morgan fingerprint density at radius 3 is 2.15 bits per heavy atom. The summed E-state index contributed by atoms with van der Waals surface area (Å²) in [7, 11) is -1.45. The van der Waals surface area contributed by atoms with Crippen LogP contribution in [0.4, 0.5) is 0 Å². The second-order valence-corrected chi connectivity index (χ2v) is 9.74. The molecule has 1 aliphatic carbocycles. The standard InChI is InChI=1S/C15H32N2O2S/c1-12(2)16-11-13(3)20(18,19)17(6)14-7-9-15(4,5)10-8-14/h12-14,16H,7-11H2,1-6H3. The fourth-order valence-electron chi connectivity index (χ4n) is 2.75. The smallest absolute Gasteiger partial charge is 0.217 e. The van der Waals surface area contributed by atoms with E-state index in [2.05, 4.69) is 19.2 Å². The van der Waals surface area contributed by atoms with Crippen molar-refractivity contribution < 1.29 is 8.42 Å². The normalized spacial score (nSPS) is 22.4. The van der Waals surface area contributed by atoms with Crippen molar-refractivity contribution in [3.63, 3.8) is 0 Å². The molecule has 0 aromatic heterocycles. The average Bonchev–Trinajstić information content (AvgIpc) is 2.34. The first-order valence-electron chi connectivity index (χ1n) is 7.76. The van der Waals surface area contributed by atoms with Crippen LogP contribution >= 0.6 is 0 Å². The Bertz CT molecular complexity index is 394. The molecule has 0 spiro atoms. The second kappa shape index (κ2) is 6.75. The van der Waals surface area contributed by atoms with Gasteiger partial charge < -0.3 is 5.32 Å². The third-order valence-electron chi connectivity index (χ3n) is 4.55. The van der Waals surface area contributed by atoms with Crippen LogP contribution in [0.3, 0.4) is 0 Å². The molecule has 0 aromatic rings. The zero-order valence-electron chi connectivity index (χ0n) is 13.9. The minimum atomic E-state index is -3.20. The van der Waals surface area contributed by atoms with Gasteiger partial charge in [0.1, 0.15) is 0 Å². The van der Waals surface area contributed by atoms with Crippen LogP contribution in [0.1, 0.15) is 60.3 Å². The Kier molecular flexibility index (Phi) is 6.05. The van der Waals surface area contributed by atoms with E-state index < -0.39 is 10.0 Å². The van der Waals surface area contributed by atoms with E-state index in [0.29, 0.717) is 18.0 Å². The Hall–Kier alpha value is -0.130. The Balaban J connectivity index is 2.63. The van der Waals surface area contributed by atoms with Crippen molar-refractivity contribution in [3.05, 3.63) is 0 Å². The zero-order chi connectivity index (χ0) is 15.6. The van der Waals surface area contributed by atoms with Gasteiger partial charge >= 0.3 is 0 Å². The largest absolute Gasteiger partial charge is 0.313 e. The lowest BCUT2D eigenvalue weighted by molar-refractivity contribution is 0.173. The molecule has 0 radical (unpaired) electrons. The molecule has 20 heavy (non-hydrogen) atoms. The maximum atomic E-state index is 12.6. The molecular formula is C15H32N2O2S. The van der Waals surface area contributed by atoms with Gasteiger partial charge in [0, 0.05) is 25.7 Å². The van der Waals surface area contributed by atoms with Gasteiger partial charge in [-0.05, 0) is 38.0 Å². The molecule has 1 N–H and O–H groups in total. The average molecular weight is 305 g/mol. The fourth-order valence-corrected chi connectivity index (χ4v) is 4.25. The van der Waals surface area contributed by atoms with Gasteiger partial charge in [-0.3, -0.25) is 0 Å². The van der Waals surface area contributed by atoms with Gasteiger partial charge in [0.25, 0.3) is 0 Å². The van der Waals surface area contributed by atoms with Crippen LogP contribution < -0.4 is 5.32 Å². The number of hydrogen-bond donors (Lipinski definition) is 1. The summed E-state index contributed by atoms with van der Waals surface area (Å²) in [5, 5.41) is 2.85. The van der Waals surface area contributed by atoms with Crippen molar-refractivity contribution in [2.24, 2.45) is 5.41 Å². The Labute approximate surface area is 125 Å². The van der Waals surface area contributed by atoms with Crippen LogP contribution in [-0.2, 0) is 10.0 Å². The number of nitrogens with one attached hydrogen (secondary N) is 1. The summed E-state index contributed by atoms with van der Waals surface area (Å²) in [6, 6.07) is 0.489. The third kappa shape index (κ3) is 4.71. The highest BCUT2D eigenvalue weighted by molar-refractivity contribution is 7.89. The summed E-state index contributed by atoms with van der Waals surface area (Å²) in [6.45, 7) is 10.9. The van der Waals surface area contributed by atoms with Gasteiger partial charge in [0.05, 0.1) is 5.25 Å². The summed E-state index contributed by atoms with van der Waals surface area (Å²) < 4.78 is 26.8. The quantitative estimate of drug-likeness (QED) is 0.820. The van der Waals surface area contributed by atoms with Crippen molar-refractivity contribution in [3.8, 4) is 0 Å². The maximum absolute atomic E-state index is 12.6. The monoisotopic (exact) mass is 304 g/mol. The molecule has 1 fully saturated rings. The van der Waals surface area contributed by atoms with Gasteiger partial charge in [-0.25, -0.2) is 12.7 Å². The molecule has 0 amide bonds. The summed E-state index contributed by atoms with van der Waals surface area (Å²) in [4.78, 5) is 0. The highest BCUT2D eigenvalue weighted by atomic mass is 32.2.